The molecule has 28 heavy (non-hydrogen) atoms. The van der Waals surface area contributed by atoms with Crippen LogP contribution in [-0.4, -0.2) is 18.4 Å². The number of hydrogen-bond donors (Lipinski definition) is 0. The Bertz CT molecular complexity index is 952. The second-order valence-corrected chi connectivity index (χ2v) is 6.57. The smallest absolute Gasteiger partial charge is 0.344 e. The fourth-order valence-corrected chi connectivity index (χ4v) is 2.99. The molecule has 0 saturated carbocycles. The van der Waals surface area contributed by atoms with Gasteiger partial charge in [0.25, 0.3) is 0 Å². The SMILES string of the molecule is C[C@H](OC(=O)COc1ccc(C(=O)c2ccccc2)cc1)c1ccccc1Cl. The lowest BCUT2D eigenvalue weighted by molar-refractivity contribution is -0.151. The number of carbonyl (C=O) groups excluding carboxylic acids is 2. The molecule has 0 spiro atoms. The fourth-order valence-electron chi connectivity index (χ4n) is 2.70. The molecule has 5 heteroatoms. The zero-order valence-corrected chi connectivity index (χ0v) is 16.1. The van der Waals surface area contributed by atoms with Gasteiger partial charge in [-0.25, -0.2) is 4.79 Å². The van der Waals surface area contributed by atoms with Crippen LogP contribution in [0.1, 0.15) is 34.5 Å². The van der Waals surface area contributed by atoms with Crippen LogP contribution < -0.4 is 4.74 Å². The van der Waals surface area contributed by atoms with Crippen molar-refractivity contribution in [2.45, 2.75) is 13.0 Å². The summed E-state index contributed by atoms with van der Waals surface area (Å²) >= 11 is 6.11. The van der Waals surface area contributed by atoms with Crippen LogP contribution in [0.25, 0.3) is 0 Å². The molecule has 3 aromatic carbocycles. The third kappa shape index (κ3) is 4.99. The minimum atomic E-state index is -0.503. The maximum Gasteiger partial charge on any atom is 0.344 e. The Kier molecular flexibility index (Phi) is 6.45. The predicted molar refractivity (Wildman–Crippen MR) is 108 cm³/mol. The summed E-state index contributed by atoms with van der Waals surface area (Å²) in [6.45, 7) is 1.52. The van der Waals surface area contributed by atoms with E-state index < -0.39 is 12.1 Å². The first kappa shape index (κ1) is 19.6. The first-order valence-corrected chi connectivity index (χ1v) is 9.19. The summed E-state index contributed by atoms with van der Waals surface area (Å²) in [5, 5.41) is 0.544. The van der Waals surface area contributed by atoms with E-state index in [1.807, 2.05) is 36.4 Å². The highest BCUT2D eigenvalue weighted by atomic mass is 35.5. The van der Waals surface area contributed by atoms with Gasteiger partial charge in [-0.15, -0.1) is 0 Å². The maximum atomic E-state index is 12.4. The van der Waals surface area contributed by atoms with E-state index in [0.717, 1.165) is 5.56 Å². The van der Waals surface area contributed by atoms with Gasteiger partial charge in [0.1, 0.15) is 11.9 Å². The summed E-state index contributed by atoms with van der Waals surface area (Å²) in [4.78, 5) is 24.4. The molecule has 0 radical (unpaired) electrons. The van der Waals surface area contributed by atoms with Crippen LogP contribution in [0, 0.1) is 0 Å². The largest absolute Gasteiger partial charge is 0.482 e. The Hall–Kier alpha value is -3.11. The molecule has 3 aromatic rings. The number of esters is 1. The second kappa shape index (κ2) is 9.20. The molecular weight excluding hydrogens is 376 g/mol. The first-order chi connectivity index (χ1) is 13.5. The van der Waals surface area contributed by atoms with E-state index in [9.17, 15) is 9.59 Å². The molecule has 142 valence electrons. The second-order valence-electron chi connectivity index (χ2n) is 6.16. The molecule has 1 atom stereocenters. The third-order valence-electron chi connectivity index (χ3n) is 4.16. The number of ketones is 1. The van der Waals surface area contributed by atoms with Crippen molar-refractivity contribution in [3.8, 4) is 5.75 Å². The van der Waals surface area contributed by atoms with E-state index in [0.29, 0.717) is 21.9 Å². The molecule has 0 amide bonds. The number of rotatable bonds is 7. The normalized spacial score (nSPS) is 11.5. The molecule has 0 N–H and O–H groups in total. The van der Waals surface area contributed by atoms with Crippen LogP contribution in [0.5, 0.6) is 5.75 Å². The van der Waals surface area contributed by atoms with Gasteiger partial charge in [-0.05, 0) is 37.3 Å². The van der Waals surface area contributed by atoms with Crippen LogP contribution >= 0.6 is 11.6 Å². The lowest BCUT2D eigenvalue weighted by atomic mass is 10.0. The molecular formula is C23H19ClO4. The maximum absolute atomic E-state index is 12.4. The van der Waals surface area contributed by atoms with E-state index in [1.165, 1.54) is 0 Å². The van der Waals surface area contributed by atoms with Gasteiger partial charge in [-0.3, -0.25) is 4.79 Å². The lowest BCUT2D eigenvalue weighted by Crippen LogP contribution is -2.17. The van der Waals surface area contributed by atoms with Crippen LogP contribution in [0.2, 0.25) is 5.02 Å². The molecule has 0 aliphatic rings. The Morgan fingerprint density at radius 2 is 1.46 bits per heavy atom. The summed E-state index contributed by atoms with van der Waals surface area (Å²) < 4.78 is 10.8. The molecule has 0 unspecified atom stereocenters. The van der Waals surface area contributed by atoms with Gasteiger partial charge in [0.2, 0.25) is 0 Å². The van der Waals surface area contributed by atoms with E-state index in [1.54, 1.807) is 49.4 Å². The van der Waals surface area contributed by atoms with Crippen LogP contribution in [-0.2, 0) is 9.53 Å². The van der Waals surface area contributed by atoms with E-state index in [-0.39, 0.29) is 12.4 Å². The summed E-state index contributed by atoms with van der Waals surface area (Å²) in [6, 6.07) is 22.9. The quantitative estimate of drug-likeness (QED) is 0.405. The Balaban J connectivity index is 1.54. The number of ether oxygens (including phenoxy) is 2. The molecule has 0 aliphatic heterocycles. The minimum absolute atomic E-state index is 0.0693. The summed E-state index contributed by atoms with van der Waals surface area (Å²) in [5.41, 5.74) is 1.91. The first-order valence-electron chi connectivity index (χ1n) is 8.81. The minimum Gasteiger partial charge on any atom is -0.482 e. The molecule has 0 bridgehead atoms. The Morgan fingerprint density at radius 1 is 0.857 bits per heavy atom. The van der Waals surface area contributed by atoms with Crippen molar-refractivity contribution in [3.05, 3.63) is 101 Å². The third-order valence-corrected chi connectivity index (χ3v) is 4.50. The Labute approximate surface area is 168 Å². The summed E-state index contributed by atoms with van der Waals surface area (Å²) in [6.07, 6.45) is -0.476. The highest BCUT2D eigenvalue weighted by molar-refractivity contribution is 6.31. The lowest BCUT2D eigenvalue weighted by Gasteiger charge is -2.15. The van der Waals surface area contributed by atoms with Gasteiger partial charge in [0.15, 0.2) is 12.4 Å². The highest BCUT2D eigenvalue weighted by Gasteiger charge is 2.15. The molecule has 0 fully saturated rings. The highest BCUT2D eigenvalue weighted by Crippen LogP contribution is 2.25. The molecule has 0 heterocycles. The van der Waals surface area contributed by atoms with E-state index in [4.69, 9.17) is 21.1 Å². The standard InChI is InChI=1S/C23H19ClO4/c1-16(20-9-5-6-10-21(20)24)28-22(25)15-27-19-13-11-18(12-14-19)23(26)17-7-3-2-4-8-17/h2-14,16H,15H2,1H3/t16-/m0/s1. The summed E-state index contributed by atoms with van der Waals surface area (Å²) in [5.74, 6) is -0.0936. The summed E-state index contributed by atoms with van der Waals surface area (Å²) in [7, 11) is 0. The van der Waals surface area contributed by atoms with Gasteiger partial charge >= 0.3 is 5.97 Å². The number of hydrogen-bond acceptors (Lipinski definition) is 4. The fraction of sp³-hybridized carbons (Fsp3) is 0.130. The van der Waals surface area contributed by atoms with Gasteiger partial charge < -0.3 is 9.47 Å². The molecule has 3 rings (SSSR count). The van der Waals surface area contributed by atoms with E-state index in [2.05, 4.69) is 0 Å². The van der Waals surface area contributed by atoms with Crippen molar-refractivity contribution >= 4 is 23.4 Å². The van der Waals surface area contributed by atoms with Crippen molar-refractivity contribution < 1.29 is 19.1 Å². The molecule has 0 aliphatic carbocycles. The number of halogens is 1. The van der Waals surface area contributed by atoms with Gasteiger partial charge in [-0.2, -0.15) is 0 Å². The molecule has 0 saturated heterocycles. The number of benzene rings is 3. The monoisotopic (exact) mass is 394 g/mol. The molecule has 0 aromatic heterocycles. The number of carbonyl (C=O) groups is 2. The average molecular weight is 395 g/mol. The zero-order chi connectivity index (χ0) is 19.9. The van der Waals surface area contributed by atoms with Gasteiger partial charge in [-0.1, -0.05) is 60.1 Å². The topological polar surface area (TPSA) is 52.6 Å². The van der Waals surface area contributed by atoms with Crippen molar-refractivity contribution in [2.24, 2.45) is 0 Å². The van der Waals surface area contributed by atoms with E-state index >= 15 is 0 Å². The average Bonchev–Trinajstić information content (AvgIpc) is 2.73. The van der Waals surface area contributed by atoms with Crippen LogP contribution in [0.4, 0.5) is 0 Å². The van der Waals surface area contributed by atoms with Gasteiger partial charge in [0, 0.05) is 21.7 Å². The van der Waals surface area contributed by atoms with Crippen molar-refractivity contribution in [2.75, 3.05) is 6.61 Å². The zero-order valence-electron chi connectivity index (χ0n) is 15.3. The predicted octanol–water partition coefficient (Wildman–Crippen LogP) is 5.25. The Morgan fingerprint density at radius 3 is 2.14 bits per heavy atom. The van der Waals surface area contributed by atoms with Crippen molar-refractivity contribution in [1.82, 2.24) is 0 Å². The van der Waals surface area contributed by atoms with Gasteiger partial charge in [0.05, 0.1) is 0 Å². The molecule has 4 nitrogen and oxygen atoms in total. The van der Waals surface area contributed by atoms with Crippen LogP contribution in [0.15, 0.2) is 78.9 Å². The van der Waals surface area contributed by atoms with Crippen molar-refractivity contribution in [1.29, 1.82) is 0 Å². The van der Waals surface area contributed by atoms with Crippen molar-refractivity contribution in [3.63, 3.8) is 0 Å². The van der Waals surface area contributed by atoms with Crippen LogP contribution in [0.3, 0.4) is 0 Å².